The van der Waals surface area contributed by atoms with Crippen LogP contribution in [0.15, 0.2) is 6.07 Å². The largest absolute Gasteiger partial charge is 0.317 e. The first-order valence-electron chi connectivity index (χ1n) is 7.06. The zero-order valence-electron chi connectivity index (χ0n) is 12.9. The second-order valence-corrected chi connectivity index (χ2v) is 6.38. The highest BCUT2D eigenvalue weighted by Gasteiger charge is 2.16. The normalized spacial score (nSPS) is 13.9. The van der Waals surface area contributed by atoms with Crippen LogP contribution in [0.2, 0.25) is 0 Å². The van der Waals surface area contributed by atoms with Gasteiger partial charge in [-0.2, -0.15) is 5.10 Å². The Hall–Kier alpha value is -0.830. The lowest BCUT2D eigenvalue weighted by molar-refractivity contribution is 0.332. The van der Waals surface area contributed by atoms with Gasteiger partial charge < -0.3 is 5.32 Å². The minimum atomic E-state index is 0.413. The van der Waals surface area contributed by atoms with E-state index in [0.29, 0.717) is 11.5 Å². The molecule has 0 aliphatic rings. The molecule has 0 spiro atoms. The fourth-order valence-corrected chi connectivity index (χ4v) is 2.25. The van der Waals surface area contributed by atoms with Gasteiger partial charge in [0.25, 0.3) is 0 Å². The van der Waals surface area contributed by atoms with Crippen molar-refractivity contribution in [3.8, 4) is 0 Å². The summed E-state index contributed by atoms with van der Waals surface area (Å²) in [6, 6.07) is 2.76. The number of hydrogen-bond acceptors (Lipinski definition) is 2. The molecular weight excluding hydrogens is 222 g/mol. The van der Waals surface area contributed by atoms with Gasteiger partial charge in [-0.3, -0.25) is 4.68 Å². The van der Waals surface area contributed by atoms with Crippen LogP contribution in [-0.2, 0) is 13.0 Å². The van der Waals surface area contributed by atoms with Gasteiger partial charge in [0.1, 0.15) is 0 Å². The average Bonchev–Trinajstić information content (AvgIpc) is 2.63. The topological polar surface area (TPSA) is 29.9 Å². The quantitative estimate of drug-likeness (QED) is 0.841. The maximum Gasteiger partial charge on any atom is 0.0596 e. The molecular formula is C15H29N3. The predicted molar refractivity (Wildman–Crippen MR) is 77.9 cm³/mol. The van der Waals surface area contributed by atoms with Gasteiger partial charge in [-0.05, 0) is 45.2 Å². The number of aryl methyl sites for hydroxylation is 2. The molecule has 0 radical (unpaired) electrons. The van der Waals surface area contributed by atoms with E-state index in [1.165, 1.54) is 18.5 Å². The molecule has 1 unspecified atom stereocenters. The molecule has 0 amide bonds. The van der Waals surface area contributed by atoms with Crippen LogP contribution >= 0.6 is 0 Å². The van der Waals surface area contributed by atoms with Gasteiger partial charge in [-0.25, -0.2) is 0 Å². The standard InChI is InChI=1S/C15H29N3/c1-7-18-14(10-12(2)17-18)11-13(16-6)8-9-15(3,4)5/h10,13,16H,7-9,11H2,1-6H3. The second kappa shape index (κ2) is 6.37. The Morgan fingerprint density at radius 3 is 2.56 bits per heavy atom. The molecule has 18 heavy (non-hydrogen) atoms. The van der Waals surface area contributed by atoms with Crippen molar-refractivity contribution in [3.63, 3.8) is 0 Å². The summed E-state index contributed by atoms with van der Waals surface area (Å²) in [5.41, 5.74) is 2.89. The summed E-state index contributed by atoms with van der Waals surface area (Å²) in [6.45, 7) is 12.1. The summed E-state index contributed by atoms with van der Waals surface area (Å²) in [5, 5.41) is 7.96. The van der Waals surface area contributed by atoms with Crippen molar-refractivity contribution in [1.29, 1.82) is 0 Å². The first-order chi connectivity index (χ1) is 8.35. The lowest BCUT2D eigenvalue weighted by atomic mass is 9.88. The van der Waals surface area contributed by atoms with Crippen LogP contribution in [0.3, 0.4) is 0 Å². The van der Waals surface area contributed by atoms with E-state index in [9.17, 15) is 0 Å². The highest BCUT2D eigenvalue weighted by Crippen LogP contribution is 2.22. The molecule has 1 atom stereocenters. The molecule has 104 valence electrons. The highest BCUT2D eigenvalue weighted by atomic mass is 15.3. The Balaban J connectivity index is 2.62. The summed E-state index contributed by atoms with van der Waals surface area (Å²) in [7, 11) is 2.06. The Morgan fingerprint density at radius 1 is 1.39 bits per heavy atom. The van der Waals surface area contributed by atoms with Crippen LogP contribution in [0.25, 0.3) is 0 Å². The summed E-state index contributed by atoms with van der Waals surface area (Å²) < 4.78 is 2.12. The molecule has 1 aromatic heterocycles. The number of rotatable bonds is 6. The van der Waals surface area contributed by atoms with E-state index < -0.39 is 0 Å². The van der Waals surface area contributed by atoms with Crippen LogP contribution in [0.1, 0.15) is 51.9 Å². The molecule has 3 heteroatoms. The number of hydrogen-bond donors (Lipinski definition) is 1. The maximum atomic E-state index is 4.51. The average molecular weight is 251 g/mol. The molecule has 1 N–H and O–H groups in total. The first-order valence-corrected chi connectivity index (χ1v) is 7.06. The fraction of sp³-hybridized carbons (Fsp3) is 0.800. The van der Waals surface area contributed by atoms with Crippen molar-refractivity contribution in [3.05, 3.63) is 17.5 Å². The number of likely N-dealkylation sites (N-methyl/N-ethyl adjacent to an activating group) is 1. The van der Waals surface area contributed by atoms with Gasteiger partial charge >= 0.3 is 0 Å². The van der Waals surface area contributed by atoms with E-state index in [1.807, 2.05) is 0 Å². The molecule has 0 saturated heterocycles. The van der Waals surface area contributed by atoms with Crippen molar-refractivity contribution < 1.29 is 0 Å². The third-order valence-electron chi connectivity index (χ3n) is 3.39. The summed E-state index contributed by atoms with van der Waals surface area (Å²) >= 11 is 0. The fourth-order valence-electron chi connectivity index (χ4n) is 2.25. The first kappa shape index (κ1) is 15.2. The van der Waals surface area contributed by atoms with E-state index in [4.69, 9.17) is 0 Å². The molecule has 0 aliphatic carbocycles. The maximum absolute atomic E-state index is 4.51. The lowest BCUT2D eigenvalue weighted by Gasteiger charge is -2.23. The van der Waals surface area contributed by atoms with Gasteiger partial charge in [-0.1, -0.05) is 20.8 Å². The third-order valence-corrected chi connectivity index (χ3v) is 3.39. The van der Waals surface area contributed by atoms with Gasteiger partial charge in [0.05, 0.1) is 5.69 Å². The Bertz CT molecular complexity index is 360. The Morgan fingerprint density at radius 2 is 2.06 bits per heavy atom. The van der Waals surface area contributed by atoms with Gasteiger partial charge in [0.2, 0.25) is 0 Å². The van der Waals surface area contributed by atoms with E-state index in [0.717, 1.165) is 18.7 Å². The monoisotopic (exact) mass is 251 g/mol. The lowest BCUT2D eigenvalue weighted by Crippen LogP contribution is -2.30. The van der Waals surface area contributed by atoms with Crippen LogP contribution in [-0.4, -0.2) is 22.9 Å². The second-order valence-electron chi connectivity index (χ2n) is 6.38. The molecule has 0 saturated carbocycles. The van der Waals surface area contributed by atoms with Gasteiger partial charge in [-0.15, -0.1) is 0 Å². The molecule has 0 aromatic carbocycles. The van der Waals surface area contributed by atoms with Crippen molar-refractivity contribution in [1.82, 2.24) is 15.1 Å². The molecule has 1 rings (SSSR count). The van der Waals surface area contributed by atoms with Crippen molar-refractivity contribution >= 4 is 0 Å². The van der Waals surface area contributed by atoms with E-state index in [2.05, 4.69) is 62.8 Å². The van der Waals surface area contributed by atoms with Crippen LogP contribution in [0.5, 0.6) is 0 Å². The molecule has 0 aliphatic heterocycles. The predicted octanol–water partition coefficient (Wildman–Crippen LogP) is 3.17. The summed E-state index contributed by atoms with van der Waals surface area (Å²) in [5.74, 6) is 0. The van der Waals surface area contributed by atoms with E-state index in [-0.39, 0.29) is 0 Å². The minimum absolute atomic E-state index is 0.413. The molecule has 0 bridgehead atoms. The smallest absolute Gasteiger partial charge is 0.0596 e. The van der Waals surface area contributed by atoms with Gasteiger partial charge in [0, 0.05) is 24.7 Å². The molecule has 3 nitrogen and oxygen atoms in total. The molecule has 0 fully saturated rings. The number of nitrogens with one attached hydrogen (secondary N) is 1. The van der Waals surface area contributed by atoms with Crippen molar-refractivity contribution in [2.75, 3.05) is 7.05 Å². The molecule has 1 aromatic rings. The van der Waals surface area contributed by atoms with E-state index in [1.54, 1.807) is 0 Å². The van der Waals surface area contributed by atoms with Gasteiger partial charge in [0.15, 0.2) is 0 Å². The minimum Gasteiger partial charge on any atom is -0.317 e. The number of aromatic nitrogens is 2. The Kier molecular flexibility index (Phi) is 5.39. The Labute approximate surface area is 112 Å². The molecule has 1 heterocycles. The van der Waals surface area contributed by atoms with E-state index >= 15 is 0 Å². The number of nitrogens with zero attached hydrogens (tertiary/aromatic N) is 2. The highest BCUT2D eigenvalue weighted by molar-refractivity contribution is 5.10. The van der Waals surface area contributed by atoms with Crippen molar-refractivity contribution in [2.45, 2.75) is 66.5 Å². The van der Waals surface area contributed by atoms with Crippen LogP contribution in [0.4, 0.5) is 0 Å². The summed E-state index contributed by atoms with van der Waals surface area (Å²) in [4.78, 5) is 0. The van der Waals surface area contributed by atoms with Crippen LogP contribution in [0, 0.1) is 12.3 Å². The van der Waals surface area contributed by atoms with Crippen LogP contribution < -0.4 is 5.32 Å². The SMILES string of the molecule is CCn1nc(C)cc1CC(CCC(C)(C)C)NC. The summed E-state index contributed by atoms with van der Waals surface area (Å²) in [6.07, 6.45) is 3.53. The van der Waals surface area contributed by atoms with Crippen molar-refractivity contribution in [2.24, 2.45) is 5.41 Å². The zero-order valence-corrected chi connectivity index (χ0v) is 12.9. The third kappa shape index (κ3) is 4.81. The zero-order chi connectivity index (χ0) is 13.8.